The van der Waals surface area contributed by atoms with Gasteiger partial charge in [0.1, 0.15) is 0 Å². The van der Waals surface area contributed by atoms with Gasteiger partial charge < -0.3 is 14.6 Å². The van der Waals surface area contributed by atoms with Gasteiger partial charge in [0.15, 0.2) is 0 Å². The molecule has 0 bridgehead atoms. The van der Waals surface area contributed by atoms with Crippen molar-refractivity contribution in [1.29, 1.82) is 0 Å². The zero-order chi connectivity index (χ0) is 12.2. The molecule has 0 atom stereocenters. The summed E-state index contributed by atoms with van der Waals surface area (Å²) in [6, 6.07) is 0. The van der Waals surface area contributed by atoms with E-state index in [1.165, 1.54) is 0 Å². The first-order chi connectivity index (χ1) is 7.33. The molecule has 1 aliphatic rings. The van der Waals surface area contributed by atoms with Crippen molar-refractivity contribution < 1.29 is 19.4 Å². The second-order valence-corrected chi connectivity index (χ2v) is 5.58. The second-order valence-electron chi connectivity index (χ2n) is 5.58. The molecule has 0 radical (unpaired) electrons. The van der Waals surface area contributed by atoms with Crippen molar-refractivity contribution in [2.75, 3.05) is 19.8 Å². The van der Waals surface area contributed by atoms with Gasteiger partial charge in [0, 0.05) is 5.41 Å². The molecule has 0 aromatic carbocycles. The van der Waals surface area contributed by atoms with Gasteiger partial charge in [0.05, 0.1) is 31.8 Å². The van der Waals surface area contributed by atoms with Gasteiger partial charge in [-0.2, -0.15) is 0 Å². The van der Waals surface area contributed by atoms with E-state index in [1.54, 1.807) is 0 Å². The van der Waals surface area contributed by atoms with Crippen LogP contribution in [0.3, 0.4) is 0 Å². The van der Waals surface area contributed by atoms with Crippen LogP contribution in [0.1, 0.15) is 40.0 Å². The Morgan fingerprint density at radius 3 is 2.38 bits per heavy atom. The van der Waals surface area contributed by atoms with Crippen molar-refractivity contribution >= 4 is 5.97 Å². The number of carboxylic acid groups (broad SMARTS) is 1. The van der Waals surface area contributed by atoms with Crippen molar-refractivity contribution in [3.63, 3.8) is 0 Å². The van der Waals surface area contributed by atoms with E-state index in [9.17, 15) is 4.79 Å². The molecular formula is C12H22O4. The van der Waals surface area contributed by atoms with E-state index in [2.05, 4.69) is 0 Å². The zero-order valence-corrected chi connectivity index (χ0v) is 10.4. The monoisotopic (exact) mass is 230 g/mol. The summed E-state index contributed by atoms with van der Waals surface area (Å²) in [6.45, 7) is 7.65. The van der Waals surface area contributed by atoms with Crippen LogP contribution in [0.5, 0.6) is 0 Å². The van der Waals surface area contributed by atoms with Gasteiger partial charge in [-0.05, 0) is 33.6 Å². The third-order valence-corrected chi connectivity index (χ3v) is 2.65. The lowest BCUT2D eigenvalue weighted by Crippen LogP contribution is -2.23. The average Bonchev–Trinajstić information content (AvgIpc) is 2.81. The highest BCUT2D eigenvalue weighted by Gasteiger charge is 2.44. The van der Waals surface area contributed by atoms with Crippen molar-refractivity contribution in [3.8, 4) is 0 Å². The molecule has 1 rings (SSSR count). The van der Waals surface area contributed by atoms with Crippen molar-refractivity contribution in [2.24, 2.45) is 5.41 Å². The van der Waals surface area contributed by atoms with Gasteiger partial charge in [-0.1, -0.05) is 0 Å². The number of aliphatic carboxylic acids is 1. The number of hydrogen-bond acceptors (Lipinski definition) is 3. The second kappa shape index (κ2) is 5.15. The van der Waals surface area contributed by atoms with E-state index >= 15 is 0 Å². The van der Waals surface area contributed by atoms with Gasteiger partial charge in [0.2, 0.25) is 0 Å². The molecule has 1 fully saturated rings. The Kier molecular flexibility index (Phi) is 4.33. The first-order valence-electron chi connectivity index (χ1n) is 5.77. The van der Waals surface area contributed by atoms with Crippen LogP contribution in [0.4, 0.5) is 0 Å². The molecule has 4 nitrogen and oxygen atoms in total. The van der Waals surface area contributed by atoms with Crippen LogP contribution in [-0.4, -0.2) is 36.5 Å². The van der Waals surface area contributed by atoms with Crippen LogP contribution in [0.25, 0.3) is 0 Å². The van der Waals surface area contributed by atoms with Gasteiger partial charge in [0.25, 0.3) is 0 Å². The van der Waals surface area contributed by atoms with E-state index in [0.717, 1.165) is 12.8 Å². The third-order valence-electron chi connectivity index (χ3n) is 2.65. The summed E-state index contributed by atoms with van der Waals surface area (Å²) < 4.78 is 11.0. The van der Waals surface area contributed by atoms with Gasteiger partial charge in [-0.15, -0.1) is 0 Å². The fourth-order valence-electron chi connectivity index (χ4n) is 1.57. The van der Waals surface area contributed by atoms with E-state index in [4.69, 9.17) is 14.6 Å². The smallest absolute Gasteiger partial charge is 0.303 e. The maximum atomic E-state index is 10.6. The minimum absolute atomic E-state index is 0.0758. The average molecular weight is 230 g/mol. The highest BCUT2D eigenvalue weighted by molar-refractivity contribution is 5.68. The number of ether oxygens (including phenoxy) is 2. The maximum Gasteiger partial charge on any atom is 0.303 e. The summed E-state index contributed by atoms with van der Waals surface area (Å²) in [7, 11) is 0. The largest absolute Gasteiger partial charge is 0.481 e. The normalized spacial score (nSPS) is 18.4. The van der Waals surface area contributed by atoms with E-state index < -0.39 is 5.97 Å². The van der Waals surface area contributed by atoms with Crippen LogP contribution >= 0.6 is 0 Å². The first kappa shape index (κ1) is 13.5. The third kappa shape index (κ3) is 5.47. The summed E-state index contributed by atoms with van der Waals surface area (Å²) in [5.41, 5.74) is -0.213. The molecule has 0 spiro atoms. The minimum atomic E-state index is -0.730. The summed E-state index contributed by atoms with van der Waals surface area (Å²) in [6.07, 6.45) is 2.17. The van der Waals surface area contributed by atoms with Crippen molar-refractivity contribution in [3.05, 3.63) is 0 Å². The Bertz CT molecular complexity index is 238. The van der Waals surface area contributed by atoms with Gasteiger partial charge in [-0.25, -0.2) is 0 Å². The van der Waals surface area contributed by atoms with Crippen molar-refractivity contribution in [2.45, 2.75) is 45.6 Å². The molecular weight excluding hydrogens is 208 g/mol. The molecule has 0 aromatic rings. The Balaban J connectivity index is 2.05. The lowest BCUT2D eigenvalue weighted by Gasteiger charge is -2.20. The molecule has 0 aliphatic heterocycles. The number of rotatable bonds is 7. The van der Waals surface area contributed by atoms with E-state index in [-0.39, 0.29) is 17.4 Å². The van der Waals surface area contributed by atoms with E-state index in [1.807, 2.05) is 20.8 Å². The fraction of sp³-hybridized carbons (Fsp3) is 0.917. The fourth-order valence-corrected chi connectivity index (χ4v) is 1.57. The molecule has 0 unspecified atom stereocenters. The van der Waals surface area contributed by atoms with Crippen LogP contribution in [0.2, 0.25) is 0 Å². The molecule has 1 aliphatic carbocycles. The summed E-state index contributed by atoms with van der Waals surface area (Å²) >= 11 is 0. The van der Waals surface area contributed by atoms with Crippen molar-refractivity contribution in [1.82, 2.24) is 0 Å². The molecule has 1 N–H and O–H groups in total. The quantitative estimate of drug-likeness (QED) is 0.680. The first-order valence-corrected chi connectivity index (χ1v) is 5.77. The van der Waals surface area contributed by atoms with E-state index in [0.29, 0.717) is 19.8 Å². The number of carboxylic acids is 1. The maximum absolute atomic E-state index is 10.6. The molecule has 0 aromatic heterocycles. The Morgan fingerprint density at radius 2 is 1.94 bits per heavy atom. The Morgan fingerprint density at radius 1 is 1.31 bits per heavy atom. The molecule has 16 heavy (non-hydrogen) atoms. The molecule has 0 heterocycles. The summed E-state index contributed by atoms with van der Waals surface area (Å²) in [5.74, 6) is -0.730. The molecule has 1 saturated carbocycles. The molecule has 0 amide bonds. The zero-order valence-electron chi connectivity index (χ0n) is 10.4. The topological polar surface area (TPSA) is 55.8 Å². The number of hydrogen-bond donors (Lipinski definition) is 1. The lowest BCUT2D eigenvalue weighted by atomic mass is 10.0. The Labute approximate surface area is 96.9 Å². The summed E-state index contributed by atoms with van der Waals surface area (Å²) in [4.78, 5) is 10.6. The highest BCUT2D eigenvalue weighted by atomic mass is 16.5. The highest BCUT2D eigenvalue weighted by Crippen LogP contribution is 2.48. The van der Waals surface area contributed by atoms with Crippen LogP contribution in [0.15, 0.2) is 0 Å². The Hall–Kier alpha value is -0.610. The van der Waals surface area contributed by atoms with Crippen LogP contribution in [0, 0.1) is 5.41 Å². The molecule has 94 valence electrons. The van der Waals surface area contributed by atoms with Crippen LogP contribution in [-0.2, 0) is 14.3 Å². The molecule has 4 heteroatoms. The van der Waals surface area contributed by atoms with Gasteiger partial charge >= 0.3 is 5.97 Å². The van der Waals surface area contributed by atoms with Gasteiger partial charge in [-0.3, -0.25) is 4.79 Å². The molecule has 0 saturated heterocycles. The standard InChI is InChI=1S/C12H22O4/c1-11(2,3)16-7-6-15-9-12(4-5-12)8-10(13)14/h4-9H2,1-3H3,(H,13,14). The predicted molar refractivity (Wildman–Crippen MR) is 60.4 cm³/mol. The predicted octanol–water partition coefficient (Wildman–Crippen LogP) is 2.07. The SMILES string of the molecule is CC(C)(C)OCCOCC1(CC(=O)O)CC1. The van der Waals surface area contributed by atoms with Crippen LogP contribution < -0.4 is 0 Å². The lowest BCUT2D eigenvalue weighted by molar-refractivity contribution is -0.139. The minimum Gasteiger partial charge on any atom is -0.481 e. The number of carbonyl (C=O) groups is 1. The summed E-state index contributed by atoms with van der Waals surface area (Å²) in [5, 5.41) is 8.72.